The molecule has 2 aromatic rings. The van der Waals surface area contributed by atoms with Crippen molar-refractivity contribution >= 4 is 11.6 Å². The number of aromatic nitrogens is 1. The van der Waals surface area contributed by atoms with Crippen molar-refractivity contribution in [2.75, 3.05) is 5.32 Å². The van der Waals surface area contributed by atoms with Gasteiger partial charge < -0.3 is 9.84 Å². The lowest BCUT2D eigenvalue weighted by Gasteiger charge is -2.07. The van der Waals surface area contributed by atoms with Gasteiger partial charge in [0.15, 0.2) is 5.76 Å². The number of anilines is 1. The fourth-order valence-corrected chi connectivity index (χ4v) is 2.07. The van der Waals surface area contributed by atoms with Gasteiger partial charge in [-0.1, -0.05) is 38.1 Å². The zero-order chi connectivity index (χ0) is 14.7. The van der Waals surface area contributed by atoms with Gasteiger partial charge in [-0.2, -0.15) is 0 Å². The second-order valence-corrected chi connectivity index (χ2v) is 5.17. The summed E-state index contributed by atoms with van der Waals surface area (Å²) in [7, 11) is 0. The van der Waals surface area contributed by atoms with E-state index in [1.165, 1.54) is 5.56 Å². The lowest BCUT2D eigenvalue weighted by molar-refractivity contribution is 0.102. The van der Waals surface area contributed by atoms with Crippen LogP contribution in [0.3, 0.4) is 0 Å². The smallest absolute Gasteiger partial charge is 0.261 e. The molecule has 1 amide bonds. The summed E-state index contributed by atoms with van der Waals surface area (Å²) >= 11 is 0. The van der Waals surface area contributed by atoms with Gasteiger partial charge in [0.1, 0.15) is 5.56 Å². The monoisotopic (exact) mass is 272 g/mol. The van der Waals surface area contributed by atoms with Crippen LogP contribution < -0.4 is 5.32 Å². The zero-order valence-corrected chi connectivity index (χ0v) is 12.4. The summed E-state index contributed by atoms with van der Waals surface area (Å²) in [4.78, 5) is 12.4. The van der Waals surface area contributed by atoms with E-state index in [-0.39, 0.29) is 11.8 Å². The van der Waals surface area contributed by atoms with Crippen molar-refractivity contribution in [3.63, 3.8) is 0 Å². The number of nitrogens with zero attached hydrogens (tertiary/aromatic N) is 1. The molecule has 0 atom stereocenters. The fourth-order valence-electron chi connectivity index (χ4n) is 2.07. The van der Waals surface area contributed by atoms with Gasteiger partial charge in [-0.25, -0.2) is 0 Å². The summed E-state index contributed by atoms with van der Waals surface area (Å²) in [6, 6.07) is 7.85. The van der Waals surface area contributed by atoms with Gasteiger partial charge in [0.25, 0.3) is 5.91 Å². The maximum absolute atomic E-state index is 12.4. The lowest BCUT2D eigenvalue weighted by atomic mass is 10.0. The molecule has 0 unspecified atom stereocenters. The van der Waals surface area contributed by atoms with E-state index in [0.29, 0.717) is 17.0 Å². The molecule has 0 aliphatic carbocycles. The van der Waals surface area contributed by atoms with Gasteiger partial charge in [0.05, 0.1) is 5.69 Å². The predicted octanol–water partition coefficient (Wildman–Crippen LogP) is 3.92. The summed E-state index contributed by atoms with van der Waals surface area (Å²) in [5.41, 5.74) is 3.19. The van der Waals surface area contributed by atoms with Gasteiger partial charge >= 0.3 is 0 Å². The number of amides is 1. The molecule has 4 nitrogen and oxygen atoms in total. The van der Waals surface area contributed by atoms with E-state index in [0.717, 1.165) is 12.1 Å². The molecule has 0 bridgehead atoms. The minimum atomic E-state index is -0.170. The van der Waals surface area contributed by atoms with Crippen LogP contribution in [0.1, 0.15) is 54.1 Å². The van der Waals surface area contributed by atoms with Crippen LogP contribution in [-0.4, -0.2) is 11.1 Å². The van der Waals surface area contributed by atoms with E-state index in [1.54, 1.807) is 6.92 Å². The van der Waals surface area contributed by atoms with Crippen LogP contribution in [0, 0.1) is 6.92 Å². The second-order valence-electron chi connectivity index (χ2n) is 5.17. The molecule has 0 radical (unpaired) electrons. The molecular weight excluding hydrogens is 252 g/mol. The topological polar surface area (TPSA) is 55.1 Å². The van der Waals surface area contributed by atoms with Crippen LogP contribution in [0.2, 0.25) is 0 Å². The number of hydrogen-bond donors (Lipinski definition) is 1. The first kappa shape index (κ1) is 14.3. The van der Waals surface area contributed by atoms with Crippen LogP contribution in [0.15, 0.2) is 28.8 Å². The summed E-state index contributed by atoms with van der Waals surface area (Å²) in [5, 5.41) is 6.78. The molecule has 1 aromatic heterocycles. The average molecular weight is 272 g/mol. The van der Waals surface area contributed by atoms with Gasteiger partial charge in [-0.05, 0) is 31.0 Å². The normalized spacial score (nSPS) is 10.8. The quantitative estimate of drug-likeness (QED) is 0.917. The molecule has 0 aliphatic heterocycles. The minimum Gasteiger partial charge on any atom is -0.360 e. The SMILES string of the molecule is CCc1ccc(NC(=O)c2c(C)noc2C(C)C)cc1. The van der Waals surface area contributed by atoms with E-state index >= 15 is 0 Å². The van der Waals surface area contributed by atoms with Crippen LogP contribution >= 0.6 is 0 Å². The average Bonchev–Trinajstić information content (AvgIpc) is 2.81. The first-order chi connectivity index (χ1) is 9.52. The highest BCUT2D eigenvalue weighted by molar-refractivity contribution is 6.05. The summed E-state index contributed by atoms with van der Waals surface area (Å²) in [6.07, 6.45) is 0.983. The van der Waals surface area contributed by atoms with Crippen molar-refractivity contribution in [3.8, 4) is 0 Å². The highest BCUT2D eigenvalue weighted by Gasteiger charge is 2.22. The second kappa shape index (κ2) is 5.90. The van der Waals surface area contributed by atoms with Crippen LogP contribution in [-0.2, 0) is 6.42 Å². The molecule has 0 spiro atoms. The molecule has 2 rings (SSSR count). The van der Waals surface area contributed by atoms with E-state index in [9.17, 15) is 4.79 Å². The van der Waals surface area contributed by atoms with Gasteiger partial charge in [-0.3, -0.25) is 4.79 Å². The Hall–Kier alpha value is -2.10. The number of carbonyl (C=O) groups excluding carboxylic acids is 1. The van der Waals surface area contributed by atoms with E-state index < -0.39 is 0 Å². The molecule has 0 saturated carbocycles. The minimum absolute atomic E-state index is 0.124. The Labute approximate surface area is 119 Å². The van der Waals surface area contributed by atoms with Crippen molar-refractivity contribution in [2.45, 2.75) is 40.0 Å². The third-order valence-corrected chi connectivity index (χ3v) is 3.26. The highest BCUT2D eigenvalue weighted by Crippen LogP contribution is 2.23. The van der Waals surface area contributed by atoms with Crippen molar-refractivity contribution in [1.29, 1.82) is 0 Å². The molecule has 1 N–H and O–H groups in total. The van der Waals surface area contributed by atoms with Gasteiger partial charge in [0, 0.05) is 11.6 Å². The Balaban J connectivity index is 2.21. The number of nitrogens with one attached hydrogen (secondary N) is 1. The molecule has 0 saturated heterocycles. The Morgan fingerprint density at radius 3 is 2.50 bits per heavy atom. The first-order valence-corrected chi connectivity index (χ1v) is 6.89. The zero-order valence-electron chi connectivity index (χ0n) is 12.4. The van der Waals surface area contributed by atoms with Crippen molar-refractivity contribution in [1.82, 2.24) is 5.16 Å². The number of hydrogen-bond acceptors (Lipinski definition) is 3. The van der Waals surface area contributed by atoms with Crippen molar-refractivity contribution in [2.24, 2.45) is 0 Å². The first-order valence-electron chi connectivity index (χ1n) is 6.89. The summed E-state index contributed by atoms with van der Waals surface area (Å²) in [5.74, 6) is 0.585. The van der Waals surface area contributed by atoms with E-state index in [1.807, 2.05) is 38.1 Å². The third kappa shape index (κ3) is 2.90. The number of benzene rings is 1. The summed E-state index contributed by atoms with van der Waals surface area (Å²) in [6.45, 7) is 7.84. The van der Waals surface area contributed by atoms with E-state index in [2.05, 4.69) is 17.4 Å². The highest BCUT2D eigenvalue weighted by atomic mass is 16.5. The van der Waals surface area contributed by atoms with E-state index in [4.69, 9.17) is 4.52 Å². The Morgan fingerprint density at radius 2 is 1.95 bits per heavy atom. The number of aryl methyl sites for hydroxylation is 2. The Kier molecular flexibility index (Phi) is 4.23. The van der Waals surface area contributed by atoms with Gasteiger partial charge in [0.2, 0.25) is 0 Å². The number of rotatable bonds is 4. The molecule has 0 aliphatic rings. The number of carbonyl (C=O) groups is 1. The molecule has 0 fully saturated rings. The summed E-state index contributed by atoms with van der Waals surface area (Å²) < 4.78 is 5.24. The molecule has 4 heteroatoms. The van der Waals surface area contributed by atoms with Crippen molar-refractivity contribution in [3.05, 3.63) is 46.8 Å². The molecular formula is C16H20N2O2. The molecule has 1 heterocycles. The molecule has 1 aromatic carbocycles. The predicted molar refractivity (Wildman–Crippen MR) is 79.1 cm³/mol. The maximum Gasteiger partial charge on any atom is 0.261 e. The fraction of sp³-hybridized carbons (Fsp3) is 0.375. The standard InChI is InChI=1S/C16H20N2O2/c1-5-12-6-8-13(9-7-12)17-16(19)14-11(4)18-20-15(14)10(2)3/h6-10H,5H2,1-4H3,(H,17,19). The molecule has 106 valence electrons. The third-order valence-electron chi connectivity index (χ3n) is 3.26. The Morgan fingerprint density at radius 1 is 1.30 bits per heavy atom. The van der Waals surface area contributed by atoms with Crippen LogP contribution in [0.5, 0.6) is 0 Å². The Bertz CT molecular complexity index is 597. The van der Waals surface area contributed by atoms with Crippen molar-refractivity contribution < 1.29 is 9.32 Å². The van der Waals surface area contributed by atoms with Crippen LogP contribution in [0.25, 0.3) is 0 Å². The van der Waals surface area contributed by atoms with Crippen LogP contribution in [0.4, 0.5) is 5.69 Å². The molecule has 20 heavy (non-hydrogen) atoms. The maximum atomic E-state index is 12.4. The largest absolute Gasteiger partial charge is 0.360 e. The lowest BCUT2D eigenvalue weighted by Crippen LogP contribution is -2.14. The van der Waals surface area contributed by atoms with Gasteiger partial charge in [-0.15, -0.1) is 0 Å².